The first-order chi connectivity index (χ1) is 10.8. The van der Waals surface area contributed by atoms with Crippen molar-refractivity contribution in [3.63, 3.8) is 0 Å². The molecule has 1 aromatic carbocycles. The van der Waals surface area contributed by atoms with Gasteiger partial charge in [-0.1, -0.05) is 0 Å². The van der Waals surface area contributed by atoms with Gasteiger partial charge in [-0.05, 0) is 37.1 Å². The molecule has 6 heteroatoms. The van der Waals surface area contributed by atoms with E-state index in [0.29, 0.717) is 11.5 Å². The number of carbonyl (C=O) groups is 1. The largest absolute Gasteiger partial charge is 0.345 e. The number of fused-ring (bicyclic) bond motifs is 1. The Hall–Kier alpha value is -2.63. The summed E-state index contributed by atoms with van der Waals surface area (Å²) in [5.41, 5.74) is 3.60. The highest BCUT2D eigenvalue weighted by Gasteiger charge is 2.26. The molecule has 0 saturated carbocycles. The molecule has 1 fully saturated rings. The molecule has 112 valence electrons. The van der Waals surface area contributed by atoms with Gasteiger partial charge in [-0.25, -0.2) is 4.98 Å². The van der Waals surface area contributed by atoms with Crippen molar-refractivity contribution in [2.24, 2.45) is 0 Å². The number of aromatic nitrogens is 4. The summed E-state index contributed by atoms with van der Waals surface area (Å²) in [5, 5.41) is 7.04. The van der Waals surface area contributed by atoms with Crippen LogP contribution in [-0.4, -0.2) is 44.1 Å². The summed E-state index contributed by atoms with van der Waals surface area (Å²) in [6.07, 6.45) is 5.52. The quantitative estimate of drug-likeness (QED) is 0.761. The van der Waals surface area contributed by atoms with Gasteiger partial charge in [-0.2, -0.15) is 5.10 Å². The van der Waals surface area contributed by atoms with E-state index in [1.165, 1.54) is 0 Å². The highest BCUT2D eigenvalue weighted by atomic mass is 16.2. The number of rotatable bonds is 2. The fourth-order valence-electron chi connectivity index (χ4n) is 3.16. The smallest absolute Gasteiger partial charge is 0.253 e. The average Bonchev–Trinajstić information content (AvgIpc) is 3.25. The SMILES string of the molecule is O=C(c1ccc2nc[nH]c2c1)N1CCC[C@H](c2ccn[nH]2)C1. The minimum absolute atomic E-state index is 0.0840. The van der Waals surface area contributed by atoms with Gasteiger partial charge in [0, 0.05) is 36.5 Å². The van der Waals surface area contributed by atoms with Crippen molar-refractivity contribution >= 4 is 16.9 Å². The third-order valence-electron chi connectivity index (χ3n) is 4.34. The van der Waals surface area contributed by atoms with Crippen LogP contribution in [0.2, 0.25) is 0 Å². The van der Waals surface area contributed by atoms with Crippen molar-refractivity contribution in [3.8, 4) is 0 Å². The van der Waals surface area contributed by atoms with E-state index >= 15 is 0 Å². The minimum Gasteiger partial charge on any atom is -0.345 e. The number of H-pyrrole nitrogens is 2. The number of carbonyl (C=O) groups excluding carboxylic acids is 1. The number of benzene rings is 1. The van der Waals surface area contributed by atoms with Crippen molar-refractivity contribution in [1.29, 1.82) is 0 Å². The van der Waals surface area contributed by atoms with Crippen LogP contribution in [-0.2, 0) is 0 Å². The van der Waals surface area contributed by atoms with Crippen LogP contribution >= 0.6 is 0 Å². The van der Waals surface area contributed by atoms with Gasteiger partial charge in [0.15, 0.2) is 0 Å². The van der Waals surface area contributed by atoms with E-state index in [1.807, 2.05) is 29.2 Å². The van der Waals surface area contributed by atoms with E-state index in [9.17, 15) is 4.79 Å². The van der Waals surface area contributed by atoms with E-state index in [1.54, 1.807) is 12.5 Å². The molecule has 1 saturated heterocycles. The zero-order valence-corrected chi connectivity index (χ0v) is 12.1. The molecule has 0 spiro atoms. The van der Waals surface area contributed by atoms with Gasteiger partial charge in [-0.15, -0.1) is 0 Å². The lowest BCUT2D eigenvalue weighted by Crippen LogP contribution is -2.39. The van der Waals surface area contributed by atoms with E-state index in [-0.39, 0.29) is 5.91 Å². The van der Waals surface area contributed by atoms with Crippen molar-refractivity contribution in [1.82, 2.24) is 25.1 Å². The van der Waals surface area contributed by atoms with Crippen LogP contribution in [0.4, 0.5) is 0 Å². The molecule has 3 aromatic rings. The molecule has 3 heterocycles. The third kappa shape index (κ3) is 2.26. The summed E-state index contributed by atoms with van der Waals surface area (Å²) in [5.74, 6) is 0.428. The highest BCUT2D eigenvalue weighted by Crippen LogP contribution is 2.26. The molecule has 1 amide bonds. The second-order valence-electron chi connectivity index (χ2n) is 5.74. The first-order valence-electron chi connectivity index (χ1n) is 7.53. The van der Waals surface area contributed by atoms with Gasteiger partial charge in [0.1, 0.15) is 0 Å². The van der Waals surface area contributed by atoms with Crippen LogP contribution in [0.3, 0.4) is 0 Å². The Balaban J connectivity index is 1.56. The number of aromatic amines is 2. The third-order valence-corrected chi connectivity index (χ3v) is 4.34. The Labute approximate surface area is 127 Å². The van der Waals surface area contributed by atoms with Crippen LogP contribution in [0.25, 0.3) is 11.0 Å². The number of piperidine rings is 1. The molecule has 4 rings (SSSR count). The van der Waals surface area contributed by atoms with E-state index < -0.39 is 0 Å². The second kappa shape index (κ2) is 5.29. The van der Waals surface area contributed by atoms with Gasteiger partial charge >= 0.3 is 0 Å². The summed E-state index contributed by atoms with van der Waals surface area (Å²) in [6.45, 7) is 1.55. The Bertz CT molecular complexity index is 792. The van der Waals surface area contributed by atoms with Gasteiger partial charge in [0.05, 0.1) is 17.4 Å². The molecule has 0 radical (unpaired) electrons. The highest BCUT2D eigenvalue weighted by molar-refractivity contribution is 5.97. The zero-order valence-electron chi connectivity index (χ0n) is 12.1. The molecule has 1 atom stereocenters. The molecule has 6 nitrogen and oxygen atoms in total. The first-order valence-corrected chi connectivity index (χ1v) is 7.53. The fraction of sp³-hybridized carbons (Fsp3) is 0.312. The maximum Gasteiger partial charge on any atom is 0.253 e. The van der Waals surface area contributed by atoms with Crippen LogP contribution in [0.1, 0.15) is 34.8 Å². The van der Waals surface area contributed by atoms with Gasteiger partial charge < -0.3 is 9.88 Å². The van der Waals surface area contributed by atoms with E-state index in [0.717, 1.165) is 42.7 Å². The van der Waals surface area contributed by atoms with Gasteiger partial charge in [0.25, 0.3) is 5.91 Å². The summed E-state index contributed by atoms with van der Waals surface area (Å²) in [7, 11) is 0. The molecule has 0 aliphatic carbocycles. The van der Waals surface area contributed by atoms with Crippen LogP contribution in [0.15, 0.2) is 36.8 Å². The lowest BCUT2D eigenvalue weighted by Gasteiger charge is -2.32. The number of nitrogens with one attached hydrogen (secondary N) is 2. The van der Waals surface area contributed by atoms with E-state index in [2.05, 4.69) is 20.2 Å². The van der Waals surface area contributed by atoms with Crippen molar-refractivity contribution in [2.75, 3.05) is 13.1 Å². The number of nitrogens with zero attached hydrogens (tertiary/aromatic N) is 3. The normalized spacial score (nSPS) is 18.7. The maximum absolute atomic E-state index is 12.7. The molecule has 0 bridgehead atoms. The predicted octanol–water partition coefficient (Wildman–Crippen LogP) is 2.31. The van der Waals surface area contributed by atoms with Crippen LogP contribution < -0.4 is 0 Å². The van der Waals surface area contributed by atoms with Crippen LogP contribution in [0.5, 0.6) is 0 Å². The summed E-state index contributed by atoms with van der Waals surface area (Å²) >= 11 is 0. The Morgan fingerprint density at radius 3 is 3.14 bits per heavy atom. The standard InChI is InChI=1S/C16H17N5O/c22-16(11-3-4-14-15(8-11)18-10-17-14)21-7-1-2-12(9-21)13-5-6-19-20-13/h3-6,8,10,12H,1-2,7,9H2,(H,17,18)(H,19,20)/t12-/m0/s1. The number of amides is 1. The predicted molar refractivity (Wildman–Crippen MR) is 82.6 cm³/mol. The topological polar surface area (TPSA) is 77.7 Å². The van der Waals surface area contributed by atoms with Gasteiger partial charge in [0.2, 0.25) is 0 Å². The van der Waals surface area contributed by atoms with Crippen LogP contribution in [0, 0.1) is 0 Å². The Kier molecular flexibility index (Phi) is 3.14. The Morgan fingerprint density at radius 2 is 2.27 bits per heavy atom. The monoisotopic (exact) mass is 295 g/mol. The summed E-state index contributed by atoms with van der Waals surface area (Å²) < 4.78 is 0. The lowest BCUT2D eigenvalue weighted by molar-refractivity contribution is 0.0706. The molecule has 1 aliphatic rings. The maximum atomic E-state index is 12.7. The number of hydrogen-bond acceptors (Lipinski definition) is 3. The molecular weight excluding hydrogens is 278 g/mol. The van der Waals surface area contributed by atoms with E-state index in [4.69, 9.17) is 0 Å². The van der Waals surface area contributed by atoms with Crippen molar-refractivity contribution < 1.29 is 4.79 Å². The minimum atomic E-state index is 0.0840. The zero-order chi connectivity index (χ0) is 14.9. The summed E-state index contributed by atoms with van der Waals surface area (Å²) in [4.78, 5) is 21.9. The molecule has 2 N–H and O–H groups in total. The first kappa shape index (κ1) is 13.1. The average molecular weight is 295 g/mol. The molecular formula is C16H17N5O. The lowest BCUT2D eigenvalue weighted by atomic mass is 9.94. The molecule has 22 heavy (non-hydrogen) atoms. The van der Waals surface area contributed by atoms with Crippen molar-refractivity contribution in [3.05, 3.63) is 48.0 Å². The number of imidazole rings is 1. The summed E-state index contributed by atoms with van der Waals surface area (Å²) in [6, 6.07) is 7.61. The van der Waals surface area contributed by atoms with Crippen molar-refractivity contribution in [2.45, 2.75) is 18.8 Å². The number of hydrogen-bond donors (Lipinski definition) is 2. The molecule has 1 aliphatic heterocycles. The fourth-order valence-corrected chi connectivity index (χ4v) is 3.16. The molecule has 2 aromatic heterocycles. The number of likely N-dealkylation sites (tertiary alicyclic amines) is 1. The Morgan fingerprint density at radius 1 is 1.32 bits per heavy atom. The van der Waals surface area contributed by atoms with Gasteiger partial charge in [-0.3, -0.25) is 9.89 Å². The second-order valence-corrected chi connectivity index (χ2v) is 5.74. The molecule has 0 unspecified atom stereocenters.